The monoisotopic (exact) mass is 485 g/mol. The molecule has 1 aliphatic heterocycles. The summed E-state index contributed by atoms with van der Waals surface area (Å²) in [6.45, 7) is 0.771. The number of carboxylic acids is 1. The molecule has 3 aromatic carbocycles. The van der Waals surface area contributed by atoms with Crippen LogP contribution in [0.25, 0.3) is 0 Å². The molecule has 1 saturated heterocycles. The first kappa shape index (κ1) is 24.6. The van der Waals surface area contributed by atoms with Gasteiger partial charge in [0.15, 0.2) is 11.5 Å². The third-order valence-electron chi connectivity index (χ3n) is 6.18. The van der Waals surface area contributed by atoms with Crippen molar-refractivity contribution < 1.29 is 32.5 Å². The summed E-state index contributed by atoms with van der Waals surface area (Å²) in [6, 6.07) is 18.3. The Balaban J connectivity index is 1.72. The number of hydrogen-bond donors (Lipinski definition) is 1. The van der Waals surface area contributed by atoms with E-state index in [2.05, 4.69) is 0 Å². The first-order chi connectivity index (χ1) is 16.8. The smallest absolute Gasteiger partial charge is 0.416 e. The third-order valence-corrected chi connectivity index (χ3v) is 6.18. The Morgan fingerprint density at radius 1 is 1.03 bits per heavy atom. The third kappa shape index (κ3) is 5.59. The minimum absolute atomic E-state index is 0.320. The maximum absolute atomic E-state index is 13.5. The van der Waals surface area contributed by atoms with Crippen LogP contribution in [0.15, 0.2) is 72.8 Å². The van der Waals surface area contributed by atoms with E-state index in [9.17, 15) is 23.1 Å². The number of carbonyl (C=O) groups is 1. The molecular formula is C27H26F3NO4. The van der Waals surface area contributed by atoms with Gasteiger partial charge in [-0.3, -0.25) is 9.69 Å². The summed E-state index contributed by atoms with van der Waals surface area (Å²) >= 11 is 0. The van der Waals surface area contributed by atoms with Gasteiger partial charge in [0.2, 0.25) is 0 Å². The van der Waals surface area contributed by atoms with Crippen LogP contribution >= 0.6 is 0 Å². The number of methoxy groups -OCH3 is 1. The number of carboxylic acid groups (broad SMARTS) is 1. The van der Waals surface area contributed by atoms with Crippen molar-refractivity contribution in [2.24, 2.45) is 0 Å². The van der Waals surface area contributed by atoms with Crippen molar-refractivity contribution in [3.05, 3.63) is 95.1 Å². The molecule has 0 aliphatic carbocycles. The highest BCUT2D eigenvalue weighted by atomic mass is 19.4. The van der Waals surface area contributed by atoms with Crippen LogP contribution in [0.4, 0.5) is 13.2 Å². The highest BCUT2D eigenvalue weighted by Gasteiger charge is 2.38. The number of aliphatic carboxylic acids is 1. The Morgan fingerprint density at radius 2 is 1.77 bits per heavy atom. The van der Waals surface area contributed by atoms with Crippen molar-refractivity contribution in [1.29, 1.82) is 0 Å². The molecular weight excluding hydrogens is 459 g/mol. The van der Waals surface area contributed by atoms with Crippen LogP contribution in [0.3, 0.4) is 0 Å². The van der Waals surface area contributed by atoms with Crippen LogP contribution in [0, 0.1) is 0 Å². The van der Waals surface area contributed by atoms with Gasteiger partial charge >= 0.3 is 12.1 Å². The van der Waals surface area contributed by atoms with Gasteiger partial charge in [-0.25, -0.2) is 0 Å². The van der Waals surface area contributed by atoms with E-state index in [0.717, 1.165) is 17.7 Å². The Kier molecular flexibility index (Phi) is 7.31. The molecule has 0 saturated carbocycles. The van der Waals surface area contributed by atoms with Crippen LogP contribution in [0.5, 0.6) is 11.5 Å². The lowest BCUT2D eigenvalue weighted by Gasteiger charge is -2.32. The Bertz CT molecular complexity index is 1170. The minimum atomic E-state index is -4.51. The fourth-order valence-electron chi connectivity index (χ4n) is 4.53. The standard InChI is InChI=1S/C27H26F3NO4/c1-34-24-16-20(12-13-23(24)35-17-18-7-3-2-4-8-18)25(31-14-6-11-22(31)26(32)33)19-9-5-10-21(15-19)27(28,29)30/h2-5,7-10,12-13,15-16,22,25H,6,11,14,17H2,1H3,(H,32,33). The van der Waals surface area contributed by atoms with Gasteiger partial charge in [-0.2, -0.15) is 13.2 Å². The number of halogens is 3. The van der Waals surface area contributed by atoms with E-state index in [1.807, 2.05) is 30.3 Å². The van der Waals surface area contributed by atoms with Gasteiger partial charge < -0.3 is 14.6 Å². The normalized spacial score (nSPS) is 17.2. The number of nitrogens with zero attached hydrogens (tertiary/aromatic N) is 1. The highest BCUT2D eigenvalue weighted by molar-refractivity contribution is 5.74. The average Bonchev–Trinajstić information content (AvgIpc) is 3.33. The van der Waals surface area contributed by atoms with E-state index in [1.54, 1.807) is 29.2 Å². The summed E-state index contributed by atoms with van der Waals surface area (Å²) in [6.07, 6.45) is -3.44. The molecule has 0 aromatic heterocycles. The molecule has 1 aliphatic rings. The van der Waals surface area contributed by atoms with Gasteiger partial charge in [0.25, 0.3) is 0 Å². The number of ether oxygens (including phenoxy) is 2. The van der Waals surface area contributed by atoms with Crippen LogP contribution in [-0.2, 0) is 17.6 Å². The lowest BCUT2D eigenvalue weighted by atomic mass is 9.94. The number of benzene rings is 3. The lowest BCUT2D eigenvalue weighted by molar-refractivity contribution is -0.143. The maximum Gasteiger partial charge on any atom is 0.416 e. The average molecular weight is 486 g/mol. The van der Waals surface area contributed by atoms with Crippen molar-refractivity contribution in [2.45, 2.75) is 37.7 Å². The molecule has 1 N–H and O–H groups in total. The van der Waals surface area contributed by atoms with Crippen molar-refractivity contribution in [2.75, 3.05) is 13.7 Å². The van der Waals surface area contributed by atoms with E-state index in [4.69, 9.17) is 9.47 Å². The molecule has 184 valence electrons. The zero-order valence-corrected chi connectivity index (χ0v) is 19.2. The summed E-state index contributed by atoms with van der Waals surface area (Å²) < 4.78 is 51.9. The zero-order chi connectivity index (χ0) is 25.0. The molecule has 1 fully saturated rings. The first-order valence-electron chi connectivity index (χ1n) is 11.3. The number of alkyl halides is 3. The maximum atomic E-state index is 13.5. The fourth-order valence-corrected chi connectivity index (χ4v) is 4.53. The van der Waals surface area contributed by atoms with Gasteiger partial charge in [-0.1, -0.05) is 48.5 Å². The molecule has 3 aromatic rings. The van der Waals surface area contributed by atoms with Crippen molar-refractivity contribution in [3.8, 4) is 11.5 Å². The number of rotatable bonds is 8. The largest absolute Gasteiger partial charge is 0.493 e. The second-order valence-electron chi connectivity index (χ2n) is 8.44. The summed E-state index contributed by atoms with van der Waals surface area (Å²) in [4.78, 5) is 13.7. The summed E-state index contributed by atoms with van der Waals surface area (Å²) in [5.74, 6) is -0.0881. The topological polar surface area (TPSA) is 59.0 Å². The second-order valence-corrected chi connectivity index (χ2v) is 8.44. The van der Waals surface area contributed by atoms with E-state index < -0.39 is 29.8 Å². The Morgan fingerprint density at radius 3 is 2.46 bits per heavy atom. The molecule has 0 spiro atoms. The zero-order valence-electron chi connectivity index (χ0n) is 19.2. The second kappa shape index (κ2) is 10.4. The SMILES string of the molecule is COc1cc(C(c2cccc(C(F)(F)F)c2)N2CCCC2C(=O)O)ccc1OCc1ccccc1. The van der Waals surface area contributed by atoms with Crippen LogP contribution in [0.2, 0.25) is 0 Å². The number of hydrogen-bond acceptors (Lipinski definition) is 4. The van der Waals surface area contributed by atoms with E-state index in [1.165, 1.54) is 13.2 Å². The molecule has 5 nitrogen and oxygen atoms in total. The molecule has 0 amide bonds. The molecule has 8 heteroatoms. The molecule has 2 atom stereocenters. The summed E-state index contributed by atoms with van der Waals surface area (Å²) in [7, 11) is 1.49. The molecule has 35 heavy (non-hydrogen) atoms. The Labute approximate surface area is 201 Å². The van der Waals surface area contributed by atoms with E-state index in [-0.39, 0.29) is 0 Å². The van der Waals surface area contributed by atoms with Crippen molar-refractivity contribution in [1.82, 2.24) is 4.90 Å². The lowest BCUT2D eigenvalue weighted by Crippen LogP contribution is -2.39. The van der Waals surface area contributed by atoms with Crippen LogP contribution in [0.1, 0.15) is 41.1 Å². The van der Waals surface area contributed by atoms with Gasteiger partial charge in [0.05, 0.1) is 18.7 Å². The molecule has 0 radical (unpaired) electrons. The summed E-state index contributed by atoms with van der Waals surface area (Å²) in [5.41, 5.74) is 1.19. The fraction of sp³-hybridized carbons (Fsp3) is 0.296. The molecule has 4 rings (SSSR count). The van der Waals surface area contributed by atoms with E-state index in [0.29, 0.717) is 48.6 Å². The predicted octanol–water partition coefficient (Wildman–Crippen LogP) is 5.93. The first-order valence-corrected chi connectivity index (χ1v) is 11.3. The Hall–Kier alpha value is -3.52. The van der Waals surface area contributed by atoms with Crippen molar-refractivity contribution in [3.63, 3.8) is 0 Å². The van der Waals surface area contributed by atoms with E-state index >= 15 is 0 Å². The van der Waals surface area contributed by atoms with Crippen LogP contribution < -0.4 is 9.47 Å². The van der Waals surface area contributed by atoms with Crippen LogP contribution in [-0.4, -0.2) is 35.7 Å². The quantitative estimate of drug-likeness (QED) is 0.429. The highest BCUT2D eigenvalue weighted by Crippen LogP contribution is 2.40. The molecule has 2 unspecified atom stereocenters. The van der Waals surface area contributed by atoms with Gasteiger partial charge in [-0.15, -0.1) is 0 Å². The van der Waals surface area contributed by atoms with Crippen molar-refractivity contribution >= 4 is 5.97 Å². The molecule has 0 bridgehead atoms. The number of likely N-dealkylation sites (tertiary alicyclic amines) is 1. The minimum Gasteiger partial charge on any atom is -0.493 e. The predicted molar refractivity (Wildman–Crippen MR) is 124 cm³/mol. The summed E-state index contributed by atoms with van der Waals surface area (Å²) in [5, 5.41) is 9.77. The molecule has 1 heterocycles. The van der Waals surface area contributed by atoms with Gasteiger partial charge in [-0.05, 0) is 53.8 Å². The van der Waals surface area contributed by atoms with Gasteiger partial charge in [0, 0.05) is 6.54 Å². The van der Waals surface area contributed by atoms with Gasteiger partial charge in [0.1, 0.15) is 12.6 Å².